The lowest BCUT2D eigenvalue weighted by Gasteiger charge is -2.26. The number of rotatable bonds is 23. The van der Waals surface area contributed by atoms with Gasteiger partial charge in [0.1, 0.15) is 36.3 Å². The molecule has 15 N–H and O–H groups in total. The van der Waals surface area contributed by atoms with Gasteiger partial charge in [0.15, 0.2) is 0 Å². The van der Waals surface area contributed by atoms with Gasteiger partial charge in [0, 0.05) is 24.8 Å². The zero-order valence-corrected chi connectivity index (χ0v) is 26.4. The monoisotopic (exact) mass is 688 g/mol. The number of carbonyl (C=O) groups is 7. The fourth-order valence-corrected chi connectivity index (χ4v) is 4.23. The fourth-order valence-electron chi connectivity index (χ4n) is 3.97. The third kappa shape index (κ3) is 14.8. The average Bonchev–Trinajstić information content (AvgIpc) is 3.55. The molecule has 0 radical (unpaired) electrons. The van der Waals surface area contributed by atoms with Gasteiger partial charge in [-0.2, -0.15) is 12.6 Å². The third-order valence-corrected chi connectivity index (χ3v) is 7.00. The van der Waals surface area contributed by atoms with Gasteiger partial charge in [0.25, 0.3) is 0 Å². The molecule has 1 aromatic heterocycles. The van der Waals surface area contributed by atoms with Crippen LogP contribution in [-0.2, 0) is 40.0 Å². The number of amides is 6. The highest BCUT2D eigenvalue weighted by Gasteiger charge is 2.32. The van der Waals surface area contributed by atoms with Crippen LogP contribution in [0.1, 0.15) is 37.8 Å². The molecule has 0 unspecified atom stereocenters. The van der Waals surface area contributed by atoms with E-state index in [1.54, 1.807) is 0 Å². The lowest BCUT2D eigenvalue weighted by atomic mass is 10.0. The SMILES string of the molecule is NCCCC[C@H](NC(=O)[C@H](CO)NC(=O)[C@H](CS)NC(=O)[C@@H](N)CO)C(=O)N[C@@H](CCC(N)=O)C(=O)N[C@@H](Cc1c[nH]cn1)C(=O)O. The van der Waals surface area contributed by atoms with E-state index >= 15 is 0 Å². The Balaban J connectivity index is 3.10. The molecule has 0 aliphatic heterocycles. The van der Waals surface area contributed by atoms with E-state index in [1.807, 2.05) is 0 Å². The highest BCUT2D eigenvalue weighted by atomic mass is 32.1. The van der Waals surface area contributed by atoms with Crippen LogP contribution >= 0.6 is 12.6 Å². The van der Waals surface area contributed by atoms with Crippen LogP contribution in [0.3, 0.4) is 0 Å². The van der Waals surface area contributed by atoms with Crippen molar-refractivity contribution in [1.82, 2.24) is 36.6 Å². The number of H-pyrrole nitrogens is 1. The summed E-state index contributed by atoms with van der Waals surface area (Å²) >= 11 is 3.99. The quantitative estimate of drug-likeness (QED) is 0.0377. The van der Waals surface area contributed by atoms with Crippen LogP contribution in [-0.4, -0.2) is 128 Å². The van der Waals surface area contributed by atoms with Crippen molar-refractivity contribution in [2.24, 2.45) is 17.2 Å². The van der Waals surface area contributed by atoms with Gasteiger partial charge in [0.2, 0.25) is 35.4 Å². The van der Waals surface area contributed by atoms with Crippen LogP contribution in [0.4, 0.5) is 0 Å². The second-order valence-corrected chi connectivity index (χ2v) is 10.7. The number of aromatic amines is 1. The van der Waals surface area contributed by atoms with Crippen molar-refractivity contribution < 1.29 is 48.9 Å². The maximum absolute atomic E-state index is 13.4. The lowest BCUT2D eigenvalue weighted by molar-refractivity contribution is -0.142. The Morgan fingerprint density at radius 2 is 1.32 bits per heavy atom. The van der Waals surface area contributed by atoms with Gasteiger partial charge in [-0.1, -0.05) is 0 Å². The van der Waals surface area contributed by atoms with Crippen molar-refractivity contribution in [1.29, 1.82) is 0 Å². The highest BCUT2D eigenvalue weighted by molar-refractivity contribution is 7.80. The number of imidazole rings is 1. The normalized spacial score (nSPS) is 14.7. The number of nitrogens with two attached hydrogens (primary N) is 3. The summed E-state index contributed by atoms with van der Waals surface area (Å²) in [4.78, 5) is 94.2. The van der Waals surface area contributed by atoms with Gasteiger partial charge < -0.3 is 64.1 Å². The van der Waals surface area contributed by atoms with Gasteiger partial charge in [-0.25, -0.2) is 9.78 Å². The number of aliphatic carboxylic acids is 1. The highest BCUT2D eigenvalue weighted by Crippen LogP contribution is 2.07. The summed E-state index contributed by atoms with van der Waals surface area (Å²) in [6, 6.07) is -8.48. The second kappa shape index (κ2) is 21.5. The van der Waals surface area contributed by atoms with Gasteiger partial charge in [-0.3, -0.25) is 28.8 Å². The van der Waals surface area contributed by atoms with E-state index in [2.05, 4.69) is 49.2 Å². The van der Waals surface area contributed by atoms with Gasteiger partial charge in [0.05, 0.1) is 25.2 Å². The van der Waals surface area contributed by atoms with Crippen LogP contribution in [0.15, 0.2) is 12.5 Å². The van der Waals surface area contributed by atoms with Crippen molar-refractivity contribution in [3.05, 3.63) is 18.2 Å². The molecule has 0 saturated heterocycles. The molecule has 1 rings (SSSR count). The number of aliphatic hydroxyl groups is 2. The molecule has 6 amide bonds. The number of carbonyl (C=O) groups excluding carboxylic acids is 6. The first-order valence-electron chi connectivity index (χ1n) is 14.6. The van der Waals surface area contributed by atoms with Gasteiger partial charge in [-0.05, 0) is 32.2 Å². The second-order valence-electron chi connectivity index (χ2n) is 10.4. The molecular weight excluding hydrogens is 644 g/mol. The van der Waals surface area contributed by atoms with Crippen LogP contribution in [0.2, 0.25) is 0 Å². The molecule has 0 bridgehead atoms. The number of nitrogens with one attached hydrogen (secondary N) is 6. The van der Waals surface area contributed by atoms with E-state index in [1.165, 1.54) is 12.5 Å². The molecule has 1 heterocycles. The topological polar surface area (TPSA) is 347 Å². The molecule has 47 heavy (non-hydrogen) atoms. The van der Waals surface area contributed by atoms with Crippen molar-refractivity contribution >= 4 is 54.0 Å². The van der Waals surface area contributed by atoms with Crippen molar-refractivity contribution in [3.8, 4) is 0 Å². The van der Waals surface area contributed by atoms with Crippen LogP contribution < -0.4 is 43.8 Å². The minimum atomic E-state index is -1.61. The van der Waals surface area contributed by atoms with Gasteiger partial charge >= 0.3 is 5.97 Å². The van der Waals surface area contributed by atoms with Crippen molar-refractivity contribution in [2.45, 2.75) is 74.8 Å². The molecule has 264 valence electrons. The van der Waals surface area contributed by atoms with E-state index in [0.29, 0.717) is 18.5 Å². The number of unbranched alkanes of at least 4 members (excludes halogenated alkanes) is 1. The minimum Gasteiger partial charge on any atom is -0.480 e. The summed E-state index contributed by atoms with van der Waals surface area (Å²) in [7, 11) is 0. The molecule has 0 aliphatic rings. The number of hydrogen-bond donors (Lipinski definition) is 13. The Bertz CT molecular complexity index is 1210. The molecular formula is C26H44N10O10S. The van der Waals surface area contributed by atoms with Crippen molar-refractivity contribution in [3.63, 3.8) is 0 Å². The number of carboxylic acid groups (broad SMARTS) is 1. The number of nitrogens with zero attached hydrogens (tertiary/aromatic N) is 1. The molecule has 0 aromatic carbocycles. The van der Waals surface area contributed by atoms with E-state index in [4.69, 9.17) is 22.3 Å². The van der Waals surface area contributed by atoms with Gasteiger partial charge in [-0.15, -0.1) is 0 Å². The molecule has 0 fully saturated rings. The number of hydrogen-bond acceptors (Lipinski definition) is 13. The van der Waals surface area contributed by atoms with Crippen LogP contribution in [0, 0.1) is 0 Å². The summed E-state index contributed by atoms with van der Waals surface area (Å²) in [6.07, 6.45) is 2.66. The molecule has 6 atom stereocenters. The Labute approximate surface area is 275 Å². The summed E-state index contributed by atoms with van der Waals surface area (Å²) < 4.78 is 0. The molecule has 21 heteroatoms. The molecule has 0 saturated carbocycles. The fraction of sp³-hybridized carbons (Fsp3) is 0.615. The van der Waals surface area contributed by atoms with Crippen LogP contribution in [0.5, 0.6) is 0 Å². The molecule has 0 aliphatic carbocycles. The van der Waals surface area contributed by atoms with Crippen LogP contribution in [0.25, 0.3) is 0 Å². The zero-order chi connectivity index (χ0) is 35.5. The Hall–Kier alpha value is -4.31. The van der Waals surface area contributed by atoms with Crippen molar-refractivity contribution in [2.75, 3.05) is 25.5 Å². The zero-order valence-electron chi connectivity index (χ0n) is 25.5. The first kappa shape index (κ1) is 40.7. The predicted molar refractivity (Wildman–Crippen MR) is 167 cm³/mol. The Morgan fingerprint density at radius 3 is 1.81 bits per heavy atom. The number of aliphatic hydroxyl groups excluding tert-OH is 2. The Morgan fingerprint density at radius 1 is 0.787 bits per heavy atom. The van der Waals surface area contributed by atoms with E-state index in [-0.39, 0.29) is 38.0 Å². The molecule has 0 spiro atoms. The van der Waals surface area contributed by atoms with E-state index in [9.17, 15) is 43.8 Å². The standard InChI is InChI=1S/C26H44N10O10S/c27-6-2-1-3-15(32-24(43)18(10-38)35-25(44)19(11-47)36-21(40)14(28)9-37)22(41)33-16(4-5-20(29)39)23(42)34-17(26(45)46)7-13-8-30-12-31-13/h8,12,14-19,37-38,47H,1-7,9-11,27-28H2,(H2,29,39)(H,30,31)(H,32,43)(H,33,41)(H,34,42)(H,35,44)(H,36,40)(H,45,46)/t14-,15-,16-,17-,18-,19-/m0/s1. The number of aromatic nitrogens is 2. The largest absolute Gasteiger partial charge is 0.480 e. The first-order chi connectivity index (χ1) is 22.3. The smallest absolute Gasteiger partial charge is 0.326 e. The average molecular weight is 689 g/mol. The number of thiol groups is 1. The first-order valence-corrected chi connectivity index (χ1v) is 15.2. The van der Waals surface area contributed by atoms with E-state index < -0.39 is 90.9 Å². The Kier molecular flexibility index (Phi) is 18.6. The summed E-state index contributed by atoms with van der Waals surface area (Å²) in [6.45, 7) is -1.36. The number of carboxylic acids is 1. The molecule has 1 aromatic rings. The number of primary amides is 1. The maximum Gasteiger partial charge on any atom is 0.326 e. The lowest BCUT2D eigenvalue weighted by Crippen LogP contribution is -2.60. The summed E-state index contributed by atoms with van der Waals surface area (Å²) in [5.74, 6) is -7.08. The minimum absolute atomic E-state index is 0.00366. The maximum atomic E-state index is 13.4. The third-order valence-electron chi connectivity index (χ3n) is 6.64. The molecule has 20 nitrogen and oxygen atoms in total. The predicted octanol–water partition coefficient (Wildman–Crippen LogP) is -5.90. The summed E-state index contributed by atoms with van der Waals surface area (Å²) in [5, 5.41) is 40.1. The summed E-state index contributed by atoms with van der Waals surface area (Å²) in [5.41, 5.74) is 16.5. The van der Waals surface area contributed by atoms with E-state index in [0.717, 1.165) is 0 Å².